The summed E-state index contributed by atoms with van der Waals surface area (Å²) in [5, 5.41) is 15.6. The molecule has 0 saturated heterocycles. The Labute approximate surface area is 148 Å². The van der Waals surface area contributed by atoms with Gasteiger partial charge >= 0.3 is 6.18 Å². The van der Waals surface area contributed by atoms with E-state index in [1.165, 1.54) is 35.2 Å². The van der Waals surface area contributed by atoms with Crippen molar-refractivity contribution in [3.8, 4) is 11.4 Å². The van der Waals surface area contributed by atoms with Crippen molar-refractivity contribution in [3.05, 3.63) is 35.7 Å². The van der Waals surface area contributed by atoms with E-state index in [-0.39, 0.29) is 5.82 Å². The second-order valence-electron chi connectivity index (χ2n) is 4.78. The van der Waals surface area contributed by atoms with Crippen LogP contribution in [0.5, 0.6) is 0 Å². The monoisotopic (exact) mass is 387 g/mol. The summed E-state index contributed by atoms with van der Waals surface area (Å²) in [5.41, 5.74) is -0.262. The predicted molar refractivity (Wildman–Crippen MR) is 88.4 cm³/mol. The van der Waals surface area contributed by atoms with Crippen LogP contribution in [0.3, 0.4) is 0 Å². The standard InChI is InChI=1S/C14H12F3N5OS2/c1-2-18-12-20-21-13(25-12)24-7-10-19-11(22-23-10)8-3-5-9(6-4-8)14(15,16)17/h3-6H,2,7H2,1H3,(H,18,20). The van der Waals surface area contributed by atoms with E-state index < -0.39 is 11.7 Å². The van der Waals surface area contributed by atoms with E-state index in [0.717, 1.165) is 28.1 Å². The van der Waals surface area contributed by atoms with Gasteiger partial charge in [-0.15, -0.1) is 10.2 Å². The van der Waals surface area contributed by atoms with Crippen molar-refractivity contribution in [1.82, 2.24) is 20.3 Å². The first-order valence-corrected chi connectivity index (χ1v) is 8.96. The van der Waals surface area contributed by atoms with Crippen molar-refractivity contribution >= 4 is 28.2 Å². The molecular formula is C14H12F3N5OS2. The third-order valence-corrected chi connectivity index (χ3v) is 4.99. The van der Waals surface area contributed by atoms with Gasteiger partial charge in [-0.2, -0.15) is 18.2 Å². The number of nitrogens with zero attached hydrogens (tertiary/aromatic N) is 4. The van der Waals surface area contributed by atoms with Gasteiger partial charge in [0.1, 0.15) is 0 Å². The van der Waals surface area contributed by atoms with E-state index in [4.69, 9.17) is 4.52 Å². The third kappa shape index (κ3) is 4.48. The number of rotatable bonds is 6. The summed E-state index contributed by atoms with van der Waals surface area (Å²) in [6.45, 7) is 2.73. The fraction of sp³-hybridized carbons (Fsp3) is 0.286. The van der Waals surface area contributed by atoms with E-state index in [1.54, 1.807) is 0 Å². The highest BCUT2D eigenvalue weighted by atomic mass is 32.2. The molecule has 3 aromatic rings. The molecule has 6 nitrogen and oxygen atoms in total. The Morgan fingerprint density at radius 3 is 2.64 bits per heavy atom. The van der Waals surface area contributed by atoms with Crippen molar-refractivity contribution in [2.45, 2.75) is 23.2 Å². The maximum absolute atomic E-state index is 12.6. The van der Waals surface area contributed by atoms with Gasteiger partial charge in [0.2, 0.25) is 16.8 Å². The van der Waals surface area contributed by atoms with Crippen LogP contribution in [0.4, 0.5) is 18.3 Å². The van der Waals surface area contributed by atoms with E-state index >= 15 is 0 Å². The van der Waals surface area contributed by atoms with Gasteiger partial charge in [-0.05, 0) is 19.1 Å². The molecule has 2 heterocycles. The first kappa shape index (κ1) is 17.7. The van der Waals surface area contributed by atoms with Crippen LogP contribution in [0.1, 0.15) is 18.4 Å². The summed E-state index contributed by atoms with van der Waals surface area (Å²) in [6.07, 6.45) is -4.37. The minimum absolute atomic E-state index is 0.245. The summed E-state index contributed by atoms with van der Waals surface area (Å²) in [4.78, 5) is 4.19. The number of hydrogen-bond donors (Lipinski definition) is 1. The largest absolute Gasteiger partial charge is 0.416 e. The van der Waals surface area contributed by atoms with Gasteiger partial charge in [0.05, 0.1) is 11.3 Å². The summed E-state index contributed by atoms with van der Waals surface area (Å²) >= 11 is 2.81. The lowest BCUT2D eigenvalue weighted by atomic mass is 10.1. The van der Waals surface area contributed by atoms with Gasteiger partial charge in [0, 0.05) is 12.1 Å². The Kier molecular flexibility index (Phi) is 5.23. The Hall–Kier alpha value is -2.14. The van der Waals surface area contributed by atoms with Crippen molar-refractivity contribution in [2.24, 2.45) is 0 Å². The number of anilines is 1. The highest BCUT2D eigenvalue weighted by molar-refractivity contribution is 8.00. The number of alkyl halides is 3. The molecule has 0 aliphatic rings. The van der Waals surface area contributed by atoms with Gasteiger partial charge in [-0.1, -0.05) is 40.4 Å². The Balaban J connectivity index is 1.63. The molecule has 0 bridgehead atoms. The zero-order valence-corrected chi connectivity index (χ0v) is 14.5. The molecule has 3 rings (SSSR count). The van der Waals surface area contributed by atoms with Crippen molar-refractivity contribution in [2.75, 3.05) is 11.9 Å². The number of aromatic nitrogens is 4. The summed E-state index contributed by atoms with van der Waals surface area (Å²) < 4.78 is 43.6. The van der Waals surface area contributed by atoms with E-state index in [9.17, 15) is 13.2 Å². The van der Waals surface area contributed by atoms with E-state index in [2.05, 4.69) is 25.7 Å². The number of benzene rings is 1. The fourth-order valence-corrected chi connectivity index (χ4v) is 3.51. The Bertz CT molecular complexity index is 832. The molecule has 0 amide bonds. The van der Waals surface area contributed by atoms with Gasteiger partial charge < -0.3 is 9.84 Å². The lowest BCUT2D eigenvalue weighted by molar-refractivity contribution is -0.137. The van der Waals surface area contributed by atoms with Crippen LogP contribution < -0.4 is 5.32 Å². The fourth-order valence-electron chi connectivity index (χ4n) is 1.85. The number of thioether (sulfide) groups is 1. The van der Waals surface area contributed by atoms with Crippen LogP contribution >= 0.6 is 23.1 Å². The zero-order valence-electron chi connectivity index (χ0n) is 12.9. The van der Waals surface area contributed by atoms with Crippen LogP contribution in [0, 0.1) is 0 Å². The topological polar surface area (TPSA) is 76.7 Å². The first-order chi connectivity index (χ1) is 12.0. The molecular weight excluding hydrogens is 375 g/mol. The zero-order chi connectivity index (χ0) is 17.9. The Morgan fingerprint density at radius 1 is 1.20 bits per heavy atom. The molecule has 0 fully saturated rings. The lowest BCUT2D eigenvalue weighted by Crippen LogP contribution is -2.04. The summed E-state index contributed by atoms with van der Waals surface area (Å²) in [5.74, 6) is 1.00. The maximum Gasteiger partial charge on any atom is 0.416 e. The molecule has 0 aliphatic heterocycles. The minimum Gasteiger partial charge on any atom is -0.360 e. The molecule has 0 aliphatic carbocycles. The number of halogens is 3. The third-order valence-electron chi connectivity index (χ3n) is 2.99. The van der Waals surface area contributed by atoms with Crippen LogP contribution in [-0.2, 0) is 11.9 Å². The molecule has 132 valence electrons. The van der Waals surface area contributed by atoms with Crippen LogP contribution in [0.15, 0.2) is 33.1 Å². The smallest absolute Gasteiger partial charge is 0.360 e. The molecule has 0 spiro atoms. The van der Waals surface area contributed by atoms with Crippen molar-refractivity contribution < 1.29 is 17.7 Å². The van der Waals surface area contributed by atoms with Gasteiger partial charge in [0.15, 0.2) is 4.34 Å². The predicted octanol–water partition coefficient (Wildman–Crippen LogP) is 4.33. The van der Waals surface area contributed by atoms with Gasteiger partial charge in [-0.3, -0.25) is 0 Å². The molecule has 25 heavy (non-hydrogen) atoms. The quantitative estimate of drug-likeness (QED) is 0.631. The molecule has 0 saturated carbocycles. The van der Waals surface area contributed by atoms with Gasteiger partial charge in [0.25, 0.3) is 0 Å². The van der Waals surface area contributed by atoms with Crippen LogP contribution in [0.2, 0.25) is 0 Å². The molecule has 1 aromatic carbocycles. The van der Waals surface area contributed by atoms with Crippen molar-refractivity contribution in [1.29, 1.82) is 0 Å². The average Bonchev–Trinajstić information content (AvgIpc) is 3.22. The highest BCUT2D eigenvalue weighted by Gasteiger charge is 2.30. The molecule has 0 atom stereocenters. The van der Waals surface area contributed by atoms with E-state index in [0.29, 0.717) is 17.2 Å². The maximum atomic E-state index is 12.6. The van der Waals surface area contributed by atoms with E-state index in [1.807, 2.05) is 6.92 Å². The number of nitrogens with one attached hydrogen (secondary N) is 1. The molecule has 0 radical (unpaired) electrons. The van der Waals surface area contributed by atoms with Crippen molar-refractivity contribution in [3.63, 3.8) is 0 Å². The minimum atomic E-state index is -4.37. The first-order valence-electron chi connectivity index (χ1n) is 7.16. The normalized spacial score (nSPS) is 11.7. The average molecular weight is 387 g/mol. The summed E-state index contributed by atoms with van der Waals surface area (Å²) in [7, 11) is 0. The molecule has 0 unspecified atom stereocenters. The van der Waals surface area contributed by atoms with Crippen LogP contribution in [-0.4, -0.2) is 26.9 Å². The SMILES string of the molecule is CCNc1nnc(SCc2nc(-c3ccc(C(F)(F)F)cc3)no2)s1. The lowest BCUT2D eigenvalue weighted by Gasteiger charge is -2.05. The number of hydrogen-bond acceptors (Lipinski definition) is 8. The second-order valence-corrected chi connectivity index (χ2v) is 6.98. The summed E-state index contributed by atoms with van der Waals surface area (Å²) in [6, 6.07) is 4.61. The molecule has 11 heteroatoms. The molecule has 2 aromatic heterocycles. The second kappa shape index (κ2) is 7.40. The van der Waals surface area contributed by atoms with Crippen LogP contribution in [0.25, 0.3) is 11.4 Å². The highest BCUT2D eigenvalue weighted by Crippen LogP contribution is 2.31. The van der Waals surface area contributed by atoms with Gasteiger partial charge in [-0.25, -0.2) is 0 Å². The molecule has 1 N–H and O–H groups in total. The Morgan fingerprint density at radius 2 is 1.96 bits per heavy atom.